The predicted molar refractivity (Wildman–Crippen MR) is 66.9 cm³/mol. The van der Waals surface area contributed by atoms with Crippen LogP contribution in [0.5, 0.6) is 0 Å². The zero-order chi connectivity index (χ0) is 14.0. The summed E-state index contributed by atoms with van der Waals surface area (Å²) >= 11 is 0. The van der Waals surface area contributed by atoms with E-state index in [1.54, 1.807) is 0 Å². The molecule has 0 aliphatic heterocycles. The molecule has 0 aliphatic carbocycles. The monoisotopic (exact) mass is 283 g/mol. The quantitative estimate of drug-likeness (QED) is 0.428. The number of benzene rings is 1. The summed E-state index contributed by atoms with van der Waals surface area (Å²) in [6, 6.07) is 3.31. The van der Waals surface area contributed by atoms with Crippen molar-refractivity contribution in [3.05, 3.63) is 40.7 Å². The molecular weight excluding hydrogens is 274 g/mol. The van der Waals surface area contributed by atoms with E-state index in [0.29, 0.717) is 0 Å². The molecular formula is C9H9N5O4S. The van der Waals surface area contributed by atoms with Gasteiger partial charge in [-0.15, -0.1) is 0 Å². The number of aromatic amines is 1. The van der Waals surface area contributed by atoms with Gasteiger partial charge in [0.2, 0.25) is 5.95 Å². The Kier molecular flexibility index (Phi) is 3.09. The lowest BCUT2D eigenvalue weighted by Gasteiger charge is -2.06. The first kappa shape index (κ1) is 12.8. The number of nitrogens with two attached hydrogens (primary N) is 1. The number of nitrogens with one attached hydrogen (secondary N) is 2. The molecule has 1 heterocycles. The number of imidazole rings is 1. The fourth-order valence-electron chi connectivity index (χ4n) is 1.40. The summed E-state index contributed by atoms with van der Waals surface area (Å²) in [7, 11) is -4.15. The summed E-state index contributed by atoms with van der Waals surface area (Å²) in [6.45, 7) is 0. The van der Waals surface area contributed by atoms with Gasteiger partial charge in [-0.1, -0.05) is 0 Å². The Morgan fingerprint density at radius 3 is 2.74 bits per heavy atom. The van der Waals surface area contributed by atoms with Gasteiger partial charge < -0.3 is 10.7 Å². The van der Waals surface area contributed by atoms with E-state index in [1.807, 2.05) is 0 Å². The second-order valence-corrected chi connectivity index (χ2v) is 5.18. The van der Waals surface area contributed by atoms with Crippen molar-refractivity contribution < 1.29 is 13.3 Å². The molecule has 2 aromatic rings. The summed E-state index contributed by atoms with van der Waals surface area (Å²) in [5, 5.41) is 10.8. The highest BCUT2D eigenvalue weighted by Crippen LogP contribution is 2.26. The van der Waals surface area contributed by atoms with Crippen molar-refractivity contribution in [2.75, 3.05) is 10.5 Å². The molecule has 0 unspecified atom stereocenters. The van der Waals surface area contributed by atoms with Crippen LogP contribution >= 0.6 is 0 Å². The van der Waals surface area contributed by atoms with Crippen molar-refractivity contribution in [2.24, 2.45) is 0 Å². The van der Waals surface area contributed by atoms with Crippen molar-refractivity contribution in [2.45, 2.75) is 4.90 Å². The number of nitrogen functional groups attached to an aromatic ring is 1. The molecule has 0 radical (unpaired) electrons. The van der Waals surface area contributed by atoms with E-state index in [9.17, 15) is 18.5 Å². The van der Waals surface area contributed by atoms with E-state index in [-0.39, 0.29) is 11.6 Å². The van der Waals surface area contributed by atoms with Gasteiger partial charge in [-0.2, -0.15) is 0 Å². The van der Waals surface area contributed by atoms with Crippen molar-refractivity contribution in [3.8, 4) is 0 Å². The number of anilines is 2. The molecule has 10 heteroatoms. The summed E-state index contributed by atoms with van der Waals surface area (Å²) < 4.78 is 26.2. The summed E-state index contributed by atoms with van der Waals surface area (Å²) in [5.74, 6) is -0.0447. The Hall–Kier alpha value is -2.62. The lowest BCUT2D eigenvalue weighted by Crippen LogP contribution is -2.16. The third-order valence-corrected chi connectivity index (χ3v) is 3.57. The van der Waals surface area contributed by atoms with Crippen molar-refractivity contribution in [3.63, 3.8) is 0 Å². The molecule has 0 aliphatic rings. The maximum absolute atomic E-state index is 12.0. The summed E-state index contributed by atoms with van der Waals surface area (Å²) in [4.78, 5) is 15.7. The molecule has 0 bridgehead atoms. The average molecular weight is 283 g/mol. The zero-order valence-electron chi connectivity index (χ0n) is 9.40. The van der Waals surface area contributed by atoms with Crippen LogP contribution in [0.2, 0.25) is 0 Å². The molecule has 1 aromatic heterocycles. The largest absolute Gasteiger partial charge is 0.399 e. The van der Waals surface area contributed by atoms with Crippen LogP contribution in [0.15, 0.2) is 35.5 Å². The van der Waals surface area contributed by atoms with Crippen LogP contribution in [0, 0.1) is 10.1 Å². The molecule has 19 heavy (non-hydrogen) atoms. The smallest absolute Gasteiger partial charge is 0.290 e. The number of H-pyrrole nitrogens is 1. The van der Waals surface area contributed by atoms with Crippen LogP contribution in [0.25, 0.3) is 0 Å². The number of hydrogen-bond acceptors (Lipinski definition) is 6. The Labute approximate surface area is 107 Å². The second kappa shape index (κ2) is 4.57. The highest BCUT2D eigenvalue weighted by Gasteiger charge is 2.26. The van der Waals surface area contributed by atoms with Crippen LogP contribution in [-0.2, 0) is 10.0 Å². The Morgan fingerprint density at radius 1 is 1.42 bits per heavy atom. The normalized spacial score (nSPS) is 11.2. The van der Waals surface area contributed by atoms with Gasteiger partial charge in [0.1, 0.15) is 0 Å². The minimum atomic E-state index is -4.15. The Balaban J connectivity index is 2.50. The van der Waals surface area contributed by atoms with Gasteiger partial charge in [-0.05, 0) is 12.1 Å². The van der Waals surface area contributed by atoms with Crippen LogP contribution in [-0.4, -0.2) is 23.3 Å². The first-order valence-electron chi connectivity index (χ1n) is 4.96. The van der Waals surface area contributed by atoms with E-state index in [4.69, 9.17) is 5.73 Å². The van der Waals surface area contributed by atoms with Crippen molar-refractivity contribution >= 4 is 27.3 Å². The van der Waals surface area contributed by atoms with E-state index < -0.39 is 25.5 Å². The lowest BCUT2D eigenvalue weighted by atomic mass is 10.3. The van der Waals surface area contributed by atoms with Crippen molar-refractivity contribution in [1.82, 2.24) is 9.97 Å². The van der Waals surface area contributed by atoms with Gasteiger partial charge in [0.05, 0.1) is 4.92 Å². The molecule has 0 atom stereocenters. The standard InChI is InChI=1S/C9H9N5O4S/c10-6-1-2-7(14(15)16)8(5-6)19(17,18)13-9-11-3-4-12-9/h1-5H,10H2,(H2,11,12,13). The van der Waals surface area contributed by atoms with Gasteiger partial charge in [0.25, 0.3) is 15.7 Å². The lowest BCUT2D eigenvalue weighted by molar-refractivity contribution is -0.387. The molecule has 0 spiro atoms. The van der Waals surface area contributed by atoms with Crippen molar-refractivity contribution in [1.29, 1.82) is 0 Å². The number of sulfonamides is 1. The van der Waals surface area contributed by atoms with E-state index >= 15 is 0 Å². The molecule has 0 saturated carbocycles. The molecule has 9 nitrogen and oxygen atoms in total. The maximum atomic E-state index is 12.0. The Bertz CT molecular complexity index is 710. The third kappa shape index (κ3) is 2.63. The highest BCUT2D eigenvalue weighted by atomic mass is 32.2. The molecule has 2 rings (SSSR count). The first-order valence-corrected chi connectivity index (χ1v) is 6.44. The number of rotatable bonds is 4. The van der Waals surface area contributed by atoms with Gasteiger partial charge in [-0.3, -0.25) is 10.1 Å². The van der Waals surface area contributed by atoms with Gasteiger partial charge in [0, 0.05) is 24.1 Å². The van der Waals surface area contributed by atoms with Crippen LogP contribution < -0.4 is 10.5 Å². The molecule has 0 amide bonds. The summed E-state index contributed by atoms with van der Waals surface area (Å²) in [6.07, 6.45) is 2.75. The van der Waals surface area contributed by atoms with E-state index in [1.165, 1.54) is 18.5 Å². The molecule has 1 aromatic carbocycles. The van der Waals surface area contributed by atoms with E-state index in [0.717, 1.165) is 12.1 Å². The zero-order valence-corrected chi connectivity index (χ0v) is 10.2. The second-order valence-electron chi connectivity index (χ2n) is 3.53. The molecule has 100 valence electrons. The maximum Gasteiger partial charge on any atom is 0.290 e. The minimum absolute atomic E-state index is 0.0447. The topological polar surface area (TPSA) is 144 Å². The van der Waals surface area contributed by atoms with E-state index in [2.05, 4.69) is 14.7 Å². The molecule has 0 fully saturated rings. The number of nitro benzene ring substituents is 1. The minimum Gasteiger partial charge on any atom is -0.399 e. The SMILES string of the molecule is Nc1ccc([N+](=O)[O-])c(S(=O)(=O)Nc2ncc[nH]2)c1. The number of nitro groups is 1. The third-order valence-electron chi connectivity index (χ3n) is 2.20. The van der Waals surface area contributed by atoms with Crippen LogP contribution in [0.1, 0.15) is 0 Å². The predicted octanol–water partition coefficient (Wildman–Crippen LogP) is 0.701. The fraction of sp³-hybridized carbons (Fsp3) is 0. The average Bonchev–Trinajstić information content (AvgIpc) is 2.80. The van der Waals surface area contributed by atoms with Crippen LogP contribution in [0.3, 0.4) is 0 Å². The fourth-order valence-corrected chi connectivity index (χ4v) is 2.59. The molecule has 4 N–H and O–H groups in total. The highest BCUT2D eigenvalue weighted by molar-refractivity contribution is 7.92. The van der Waals surface area contributed by atoms with Gasteiger partial charge in [-0.25, -0.2) is 18.1 Å². The number of aromatic nitrogens is 2. The molecule has 0 saturated heterocycles. The summed E-state index contributed by atoms with van der Waals surface area (Å²) in [5.41, 5.74) is 5.00. The van der Waals surface area contributed by atoms with Gasteiger partial charge >= 0.3 is 0 Å². The Morgan fingerprint density at radius 2 is 2.16 bits per heavy atom. The number of hydrogen-bond donors (Lipinski definition) is 3. The first-order chi connectivity index (χ1) is 8.90. The van der Waals surface area contributed by atoms with Gasteiger partial charge in [0.15, 0.2) is 4.90 Å². The number of nitrogens with zero attached hydrogens (tertiary/aromatic N) is 2. The van der Waals surface area contributed by atoms with Crippen LogP contribution in [0.4, 0.5) is 17.3 Å².